The van der Waals surface area contributed by atoms with Crippen LogP contribution in [0.25, 0.3) is 0 Å². The Morgan fingerprint density at radius 3 is 2.65 bits per heavy atom. The van der Waals surface area contributed by atoms with Crippen LogP contribution in [-0.4, -0.2) is 35.6 Å². The van der Waals surface area contributed by atoms with Gasteiger partial charge in [0.1, 0.15) is 0 Å². The molecule has 17 heavy (non-hydrogen) atoms. The quantitative estimate of drug-likeness (QED) is 0.792. The predicted molar refractivity (Wildman–Crippen MR) is 75.6 cm³/mol. The first-order chi connectivity index (χ1) is 7.88. The van der Waals surface area contributed by atoms with Crippen molar-refractivity contribution in [2.24, 2.45) is 0 Å². The third-order valence-corrected chi connectivity index (χ3v) is 3.55. The van der Waals surface area contributed by atoms with Gasteiger partial charge in [-0.1, -0.05) is 0 Å². The minimum atomic E-state index is 0.229. The molecule has 0 aliphatic rings. The second-order valence-electron chi connectivity index (χ2n) is 5.63. The van der Waals surface area contributed by atoms with E-state index in [0.717, 1.165) is 19.6 Å². The SMILES string of the molecule is Cc1ncsc1CN(C)CCCNC(C)(C)C. The van der Waals surface area contributed by atoms with Gasteiger partial charge < -0.3 is 10.2 Å². The Labute approximate surface area is 109 Å². The highest BCUT2D eigenvalue weighted by Crippen LogP contribution is 2.14. The molecule has 1 aromatic heterocycles. The zero-order valence-electron chi connectivity index (χ0n) is 11.7. The number of aryl methyl sites for hydroxylation is 1. The van der Waals surface area contributed by atoms with E-state index < -0.39 is 0 Å². The van der Waals surface area contributed by atoms with E-state index in [1.165, 1.54) is 17.0 Å². The fraction of sp³-hybridized carbons (Fsp3) is 0.769. The molecule has 1 N–H and O–H groups in total. The van der Waals surface area contributed by atoms with Gasteiger partial charge in [-0.2, -0.15) is 0 Å². The summed E-state index contributed by atoms with van der Waals surface area (Å²) < 4.78 is 0. The van der Waals surface area contributed by atoms with E-state index in [1.54, 1.807) is 11.3 Å². The van der Waals surface area contributed by atoms with Crippen LogP contribution in [-0.2, 0) is 6.54 Å². The molecule has 3 nitrogen and oxygen atoms in total. The van der Waals surface area contributed by atoms with Gasteiger partial charge in [-0.05, 0) is 54.3 Å². The lowest BCUT2D eigenvalue weighted by molar-refractivity contribution is 0.311. The monoisotopic (exact) mass is 255 g/mol. The molecule has 0 atom stereocenters. The van der Waals surface area contributed by atoms with E-state index in [2.05, 4.69) is 49.9 Å². The maximum absolute atomic E-state index is 4.28. The zero-order valence-corrected chi connectivity index (χ0v) is 12.5. The van der Waals surface area contributed by atoms with Crippen LogP contribution in [0.3, 0.4) is 0 Å². The average molecular weight is 255 g/mol. The average Bonchev–Trinajstić information content (AvgIpc) is 2.58. The van der Waals surface area contributed by atoms with Gasteiger partial charge >= 0.3 is 0 Å². The number of hydrogen-bond acceptors (Lipinski definition) is 4. The van der Waals surface area contributed by atoms with Crippen molar-refractivity contribution in [3.05, 3.63) is 16.1 Å². The Bertz CT molecular complexity index is 328. The molecule has 4 heteroatoms. The molecule has 1 rings (SSSR count). The highest BCUT2D eigenvalue weighted by Gasteiger charge is 2.08. The van der Waals surface area contributed by atoms with Gasteiger partial charge in [-0.3, -0.25) is 0 Å². The van der Waals surface area contributed by atoms with Crippen LogP contribution in [0.15, 0.2) is 5.51 Å². The van der Waals surface area contributed by atoms with E-state index in [-0.39, 0.29) is 5.54 Å². The van der Waals surface area contributed by atoms with E-state index in [1.807, 2.05) is 5.51 Å². The van der Waals surface area contributed by atoms with Crippen molar-refractivity contribution in [3.8, 4) is 0 Å². The highest BCUT2D eigenvalue weighted by molar-refractivity contribution is 7.09. The normalized spacial score (nSPS) is 12.4. The van der Waals surface area contributed by atoms with Gasteiger partial charge in [-0.15, -0.1) is 11.3 Å². The smallest absolute Gasteiger partial charge is 0.0798 e. The molecule has 1 heterocycles. The Balaban J connectivity index is 2.18. The van der Waals surface area contributed by atoms with Crippen molar-refractivity contribution in [1.82, 2.24) is 15.2 Å². The van der Waals surface area contributed by atoms with Crippen LogP contribution in [0, 0.1) is 6.92 Å². The second kappa shape index (κ2) is 6.47. The Hall–Kier alpha value is -0.450. The van der Waals surface area contributed by atoms with Crippen LogP contribution in [0.5, 0.6) is 0 Å². The molecule has 0 fully saturated rings. The number of thiazole rings is 1. The minimum absolute atomic E-state index is 0.229. The molecule has 0 amide bonds. The topological polar surface area (TPSA) is 28.2 Å². The Morgan fingerprint density at radius 2 is 2.12 bits per heavy atom. The summed E-state index contributed by atoms with van der Waals surface area (Å²) >= 11 is 1.75. The summed E-state index contributed by atoms with van der Waals surface area (Å²) in [6.07, 6.45) is 1.19. The van der Waals surface area contributed by atoms with Crippen LogP contribution in [0.4, 0.5) is 0 Å². The van der Waals surface area contributed by atoms with Crippen molar-refractivity contribution in [2.75, 3.05) is 20.1 Å². The van der Waals surface area contributed by atoms with E-state index in [0.29, 0.717) is 0 Å². The highest BCUT2D eigenvalue weighted by atomic mass is 32.1. The van der Waals surface area contributed by atoms with Crippen molar-refractivity contribution in [3.63, 3.8) is 0 Å². The van der Waals surface area contributed by atoms with E-state index in [9.17, 15) is 0 Å². The van der Waals surface area contributed by atoms with Gasteiger partial charge in [0.2, 0.25) is 0 Å². The predicted octanol–water partition coefficient (Wildman–Crippen LogP) is 2.66. The molecule has 0 saturated carbocycles. The van der Waals surface area contributed by atoms with Crippen LogP contribution in [0.2, 0.25) is 0 Å². The lowest BCUT2D eigenvalue weighted by atomic mass is 10.1. The molecule has 0 aliphatic carbocycles. The van der Waals surface area contributed by atoms with Crippen LogP contribution in [0.1, 0.15) is 37.8 Å². The molecule has 0 radical (unpaired) electrons. The summed E-state index contributed by atoms with van der Waals surface area (Å²) in [7, 11) is 2.18. The van der Waals surface area contributed by atoms with Crippen molar-refractivity contribution < 1.29 is 0 Å². The summed E-state index contributed by atoms with van der Waals surface area (Å²) in [5.74, 6) is 0. The van der Waals surface area contributed by atoms with Crippen LogP contribution < -0.4 is 5.32 Å². The van der Waals surface area contributed by atoms with Crippen molar-refractivity contribution in [1.29, 1.82) is 0 Å². The number of hydrogen-bond donors (Lipinski definition) is 1. The van der Waals surface area contributed by atoms with Crippen molar-refractivity contribution in [2.45, 2.75) is 46.2 Å². The van der Waals surface area contributed by atoms with Gasteiger partial charge in [0, 0.05) is 17.0 Å². The third-order valence-electron chi connectivity index (χ3n) is 2.63. The lowest BCUT2D eigenvalue weighted by Crippen LogP contribution is -2.37. The molecular formula is C13H25N3S. The minimum Gasteiger partial charge on any atom is -0.312 e. The van der Waals surface area contributed by atoms with Gasteiger partial charge in [0.15, 0.2) is 0 Å². The number of rotatable bonds is 6. The van der Waals surface area contributed by atoms with E-state index in [4.69, 9.17) is 0 Å². The summed E-state index contributed by atoms with van der Waals surface area (Å²) in [5.41, 5.74) is 3.33. The summed E-state index contributed by atoms with van der Waals surface area (Å²) in [6, 6.07) is 0. The number of aromatic nitrogens is 1. The van der Waals surface area contributed by atoms with Crippen LogP contribution >= 0.6 is 11.3 Å². The molecule has 98 valence electrons. The Morgan fingerprint density at radius 1 is 1.41 bits per heavy atom. The summed E-state index contributed by atoms with van der Waals surface area (Å²) in [4.78, 5) is 8.03. The Kier molecular flexibility index (Phi) is 5.56. The molecule has 0 spiro atoms. The fourth-order valence-corrected chi connectivity index (χ4v) is 2.47. The standard InChI is InChI=1S/C13H25N3S/c1-11-12(17-10-14-11)9-16(5)8-6-7-15-13(2,3)4/h10,15H,6-9H2,1-5H3. The molecule has 1 aromatic rings. The van der Waals surface area contributed by atoms with Crippen molar-refractivity contribution >= 4 is 11.3 Å². The molecule has 0 bridgehead atoms. The fourth-order valence-electron chi connectivity index (χ4n) is 1.61. The van der Waals surface area contributed by atoms with Gasteiger partial charge in [0.25, 0.3) is 0 Å². The molecule has 0 aliphatic heterocycles. The summed E-state index contributed by atoms with van der Waals surface area (Å²) in [5, 5.41) is 3.51. The second-order valence-corrected chi connectivity index (χ2v) is 6.57. The van der Waals surface area contributed by atoms with Gasteiger partial charge in [0.05, 0.1) is 11.2 Å². The molecular weight excluding hydrogens is 230 g/mol. The molecule has 0 saturated heterocycles. The first-order valence-electron chi connectivity index (χ1n) is 6.21. The first kappa shape index (κ1) is 14.6. The molecule has 0 aromatic carbocycles. The first-order valence-corrected chi connectivity index (χ1v) is 7.09. The largest absolute Gasteiger partial charge is 0.312 e. The zero-order chi connectivity index (χ0) is 12.9. The number of nitrogens with zero attached hydrogens (tertiary/aromatic N) is 2. The molecule has 0 unspecified atom stereocenters. The number of nitrogens with one attached hydrogen (secondary N) is 1. The van der Waals surface area contributed by atoms with Gasteiger partial charge in [-0.25, -0.2) is 4.98 Å². The summed E-state index contributed by atoms with van der Waals surface area (Å²) in [6.45, 7) is 11.9. The van der Waals surface area contributed by atoms with E-state index >= 15 is 0 Å². The maximum Gasteiger partial charge on any atom is 0.0798 e. The lowest BCUT2D eigenvalue weighted by Gasteiger charge is -2.22. The maximum atomic E-state index is 4.28. The third kappa shape index (κ3) is 6.15.